The van der Waals surface area contributed by atoms with Crippen molar-refractivity contribution in [1.82, 2.24) is 0 Å². The predicted molar refractivity (Wildman–Crippen MR) is 40.1 cm³/mol. The minimum absolute atomic E-state index is 0.0304. The molecule has 0 aromatic carbocycles. The molecule has 0 heterocycles. The molecule has 0 bridgehead atoms. The molecule has 0 saturated carbocycles. The van der Waals surface area contributed by atoms with E-state index in [-0.39, 0.29) is 11.7 Å². The van der Waals surface area contributed by atoms with Crippen molar-refractivity contribution in [3.8, 4) is 0 Å². The topological polar surface area (TPSA) is 26.0 Å². The minimum atomic E-state index is -0.0304. The first kappa shape index (κ1) is 7.48. The number of halogens is 1. The van der Waals surface area contributed by atoms with Crippen LogP contribution in [0.25, 0.3) is 0 Å². The molecular formula is C8H12FN. The molecule has 10 heavy (non-hydrogen) atoms. The third-order valence-corrected chi connectivity index (χ3v) is 1.78. The van der Waals surface area contributed by atoms with Crippen LogP contribution in [0.2, 0.25) is 0 Å². The Bertz CT molecular complexity index is 182. The molecule has 0 aromatic heterocycles. The zero-order chi connectivity index (χ0) is 7.56. The first-order valence-electron chi connectivity index (χ1n) is 3.49. The van der Waals surface area contributed by atoms with Crippen LogP contribution in [-0.4, -0.2) is 6.54 Å². The number of hydrogen-bond acceptors (Lipinski definition) is 1. The van der Waals surface area contributed by atoms with Gasteiger partial charge in [0.1, 0.15) is 5.83 Å². The lowest BCUT2D eigenvalue weighted by atomic mass is 9.95. The summed E-state index contributed by atoms with van der Waals surface area (Å²) in [5, 5.41) is 0. The maximum absolute atomic E-state index is 12.7. The fourth-order valence-corrected chi connectivity index (χ4v) is 1.07. The van der Waals surface area contributed by atoms with Crippen LogP contribution in [0.5, 0.6) is 0 Å². The van der Waals surface area contributed by atoms with Gasteiger partial charge in [0.25, 0.3) is 0 Å². The monoisotopic (exact) mass is 141 g/mol. The summed E-state index contributed by atoms with van der Waals surface area (Å²) in [6.45, 7) is 2.42. The van der Waals surface area contributed by atoms with E-state index in [2.05, 4.69) is 0 Å². The summed E-state index contributed by atoms with van der Waals surface area (Å²) in [7, 11) is 0. The molecule has 0 fully saturated rings. The second-order valence-corrected chi connectivity index (χ2v) is 2.69. The fourth-order valence-electron chi connectivity index (χ4n) is 1.07. The van der Waals surface area contributed by atoms with Crippen molar-refractivity contribution < 1.29 is 4.39 Å². The van der Waals surface area contributed by atoms with Gasteiger partial charge in [-0.05, 0) is 12.5 Å². The summed E-state index contributed by atoms with van der Waals surface area (Å²) >= 11 is 0. The lowest BCUT2D eigenvalue weighted by Gasteiger charge is -2.14. The second kappa shape index (κ2) is 2.97. The van der Waals surface area contributed by atoms with Crippen LogP contribution in [0.3, 0.4) is 0 Å². The SMILES string of the molecule is CC1CC(CN)=CC=C1F. The van der Waals surface area contributed by atoms with Gasteiger partial charge in [0.05, 0.1) is 0 Å². The van der Waals surface area contributed by atoms with E-state index in [4.69, 9.17) is 5.73 Å². The fraction of sp³-hybridized carbons (Fsp3) is 0.500. The molecule has 1 unspecified atom stereocenters. The largest absolute Gasteiger partial charge is 0.327 e. The molecule has 56 valence electrons. The van der Waals surface area contributed by atoms with Gasteiger partial charge in [-0.15, -0.1) is 0 Å². The van der Waals surface area contributed by atoms with Crippen LogP contribution >= 0.6 is 0 Å². The van der Waals surface area contributed by atoms with Gasteiger partial charge >= 0.3 is 0 Å². The van der Waals surface area contributed by atoms with Gasteiger partial charge in [0.2, 0.25) is 0 Å². The summed E-state index contributed by atoms with van der Waals surface area (Å²) in [5.41, 5.74) is 6.52. The normalized spacial score (nSPS) is 25.7. The van der Waals surface area contributed by atoms with Gasteiger partial charge in [-0.1, -0.05) is 18.6 Å². The summed E-state index contributed by atoms with van der Waals surface area (Å²) in [4.78, 5) is 0. The van der Waals surface area contributed by atoms with Crippen molar-refractivity contribution in [2.24, 2.45) is 11.7 Å². The standard InChI is InChI=1S/C8H12FN/c1-6-4-7(5-10)2-3-8(6)9/h2-3,6H,4-5,10H2,1H3. The van der Waals surface area contributed by atoms with E-state index in [9.17, 15) is 4.39 Å². The number of allylic oxidation sites excluding steroid dienone is 3. The Morgan fingerprint density at radius 2 is 2.40 bits per heavy atom. The lowest BCUT2D eigenvalue weighted by molar-refractivity contribution is 0.481. The van der Waals surface area contributed by atoms with Gasteiger partial charge in [0, 0.05) is 12.5 Å². The van der Waals surface area contributed by atoms with E-state index in [1.165, 1.54) is 6.08 Å². The van der Waals surface area contributed by atoms with Gasteiger partial charge in [-0.2, -0.15) is 0 Å². The van der Waals surface area contributed by atoms with Crippen molar-refractivity contribution in [1.29, 1.82) is 0 Å². The molecule has 1 aliphatic carbocycles. The zero-order valence-corrected chi connectivity index (χ0v) is 6.10. The van der Waals surface area contributed by atoms with Gasteiger partial charge in [-0.3, -0.25) is 0 Å². The Labute approximate surface area is 60.4 Å². The minimum Gasteiger partial charge on any atom is -0.327 e. The maximum atomic E-state index is 12.7. The van der Waals surface area contributed by atoms with E-state index < -0.39 is 0 Å². The van der Waals surface area contributed by atoms with E-state index in [1.807, 2.05) is 6.92 Å². The predicted octanol–water partition coefficient (Wildman–Crippen LogP) is 1.76. The lowest BCUT2D eigenvalue weighted by Crippen LogP contribution is -2.10. The third-order valence-electron chi connectivity index (χ3n) is 1.78. The van der Waals surface area contributed by atoms with Crippen molar-refractivity contribution in [3.05, 3.63) is 23.6 Å². The highest BCUT2D eigenvalue weighted by atomic mass is 19.1. The van der Waals surface area contributed by atoms with Gasteiger partial charge in [-0.25, -0.2) is 4.39 Å². The number of hydrogen-bond donors (Lipinski definition) is 1. The molecule has 2 N–H and O–H groups in total. The highest BCUT2D eigenvalue weighted by molar-refractivity contribution is 5.23. The van der Waals surface area contributed by atoms with E-state index in [1.54, 1.807) is 6.08 Å². The van der Waals surface area contributed by atoms with E-state index in [0.29, 0.717) is 6.54 Å². The van der Waals surface area contributed by atoms with Crippen LogP contribution in [0.4, 0.5) is 4.39 Å². The van der Waals surface area contributed by atoms with Gasteiger partial charge in [0.15, 0.2) is 0 Å². The molecule has 1 rings (SSSR count). The number of nitrogens with two attached hydrogens (primary N) is 1. The maximum Gasteiger partial charge on any atom is 0.103 e. The summed E-state index contributed by atoms with van der Waals surface area (Å²) in [6, 6.07) is 0. The quantitative estimate of drug-likeness (QED) is 0.591. The zero-order valence-electron chi connectivity index (χ0n) is 6.10. The van der Waals surface area contributed by atoms with Crippen molar-refractivity contribution >= 4 is 0 Å². The van der Waals surface area contributed by atoms with E-state index in [0.717, 1.165) is 12.0 Å². The molecular weight excluding hydrogens is 129 g/mol. The smallest absolute Gasteiger partial charge is 0.103 e. The Balaban J connectivity index is 2.68. The van der Waals surface area contributed by atoms with Crippen molar-refractivity contribution in [2.75, 3.05) is 6.54 Å². The molecule has 0 saturated heterocycles. The molecule has 0 radical (unpaired) electrons. The first-order valence-corrected chi connectivity index (χ1v) is 3.49. The molecule has 0 aliphatic heterocycles. The van der Waals surface area contributed by atoms with Gasteiger partial charge < -0.3 is 5.73 Å². The van der Waals surface area contributed by atoms with E-state index >= 15 is 0 Å². The summed E-state index contributed by atoms with van der Waals surface area (Å²) in [6.07, 6.45) is 4.06. The summed E-state index contributed by atoms with van der Waals surface area (Å²) in [5.74, 6) is 0.000694. The highest BCUT2D eigenvalue weighted by Crippen LogP contribution is 2.24. The molecule has 0 aromatic rings. The van der Waals surface area contributed by atoms with Crippen LogP contribution < -0.4 is 5.73 Å². The van der Waals surface area contributed by atoms with Crippen molar-refractivity contribution in [2.45, 2.75) is 13.3 Å². The molecule has 0 spiro atoms. The molecule has 0 amide bonds. The Morgan fingerprint density at radius 1 is 1.70 bits per heavy atom. The van der Waals surface area contributed by atoms with Crippen LogP contribution in [-0.2, 0) is 0 Å². The second-order valence-electron chi connectivity index (χ2n) is 2.69. The van der Waals surface area contributed by atoms with Crippen LogP contribution in [0.1, 0.15) is 13.3 Å². The third kappa shape index (κ3) is 1.45. The highest BCUT2D eigenvalue weighted by Gasteiger charge is 2.12. The number of rotatable bonds is 1. The molecule has 2 heteroatoms. The Morgan fingerprint density at radius 3 is 2.90 bits per heavy atom. The van der Waals surface area contributed by atoms with Crippen LogP contribution in [0.15, 0.2) is 23.6 Å². The Kier molecular flexibility index (Phi) is 2.22. The van der Waals surface area contributed by atoms with Crippen molar-refractivity contribution in [3.63, 3.8) is 0 Å². The first-order chi connectivity index (χ1) is 4.74. The van der Waals surface area contributed by atoms with Crippen LogP contribution in [0, 0.1) is 5.92 Å². The average molecular weight is 141 g/mol. The molecule has 1 nitrogen and oxygen atoms in total. The average Bonchev–Trinajstić information content (AvgIpc) is 1.95. The summed E-state index contributed by atoms with van der Waals surface area (Å²) < 4.78 is 12.7. The molecule has 1 atom stereocenters. The Hall–Kier alpha value is -0.630. The molecule has 1 aliphatic rings.